The van der Waals surface area contributed by atoms with Gasteiger partial charge in [-0.2, -0.15) is 0 Å². The number of hydrogen-bond donors (Lipinski definition) is 3. The summed E-state index contributed by atoms with van der Waals surface area (Å²) in [6.07, 6.45) is 0.749. The largest absolute Gasteiger partial charge is 0.368 e. The summed E-state index contributed by atoms with van der Waals surface area (Å²) in [5.41, 5.74) is 1.04. The highest BCUT2D eigenvalue weighted by Crippen LogP contribution is 2.07. The Morgan fingerprint density at radius 3 is 2.35 bits per heavy atom. The first kappa shape index (κ1) is 16.7. The van der Waals surface area contributed by atoms with Gasteiger partial charge in [-0.05, 0) is 50.1 Å². The van der Waals surface area contributed by atoms with E-state index < -0.39 is 0 Å². The number of urea groups is 1. The number of halogens is 1. The van der Waals surface area contributed by atoms with Gasteiger partial charge in [0.2, 0.25) is 0 Å². The maximum Gasteiger partial charge on any atom is 0.320 e. The number of aromatic nitrogens is 2. The first-order valence-electron chi connectivity index (χ1n) is 7.42. The third-order valence-corrected chi connectivity index (χ3v) is 2.96. The second-order valence-corrected chi connectivity index (χ2v) is 5.36. The molecular weight excluding hydrogens is 297 g/mol. The first-order valence-corrected chi connectivity index (χ1v) is 7.42. The van der Waals surface area contributed by atoms with Gasteiger partial charge in [-0.3, -0.25) is 5.32 Å². The Balaban J connectivity index is 1.78. The molecule has 6 nitrogen and oxygen atoms in total. The molecule has 23 heavy (non-hydrogen) atoms. The fraction of sp³-hybridized carbons (Fsp3) is 0.312. The second-order valence-electron chi connectivity index (χ2n) is 5.36. The fourth-order valence-electron chi connectivity index (χ4n) is 1.89. The monoisotopic (exact) mass is 317 g/mol. The minimum atomic E-state index is -0.314. The molecule has 122 valence electrons. The molecule has 3 N–H and O–H groups in total. The molecular formula is C16H20FN5O. The summed E-state index contributed by atoms with van der Waals surface area (Å²) in [5, 5.41) is 16.3. The van der Waals surface area contributed by atoms with E-state index in [9.17, 15) is 9.18 Å². The van der Waals surface area contributed by atoms with Crippen molar-refractivity contribution in [3.8, 4) is 0 Å². The Bertz CT molecular complexity index is 628. The zero-order valence-corrected chi connectivity index (χ0v) is 13.1. The van der Waals surface area contributed by atoms with E-state index in [4.69, 9.17) is 0 Å². The van der Waals surface area contributed by atoms with Crippen molar-refractivity contribution >= 4 is 17.7 Å². The Hall–Kier alpha value is -2.70. The second kappa shape index (κ2) is 8.07. The van der Waals surface area contributed by atoms with Crippen molar-refractivity contribution in [3.63, 3.8) is 0 Å². The van der Waals surface area contributed by atoms with Crippen molar-refractivity contribution in [2.24, 2.45) is 0 Å². The molecule has 1 heterocycles. The van der Waals surface area contributed by atoms with Gasteiger partial charge in [0.15, 0.2) is 5.82 Å². The van der Waals surface area contributed by atoms with Crippen LogP contribution >= 0.6 is 0 Å². The maximum atomic E-state index is 12.8. The van der Waals surface area contributed by atoms with Crippen LogP contribution in [0.1, 0.15) is 19.4 Å². The molecule has 1 aromatic heterocycles. The van der Waals surface area contributed by atoms with Crippen LogP contribution in [-0.2, 0) is 6.42 Å². The van der Waals surface area contributed by atoms with Gasteiger partial charge in [0.05, 0.1) is 0 Å². The van der Waals surface area contributed by atoms with Crippen LogP contribution in [0.3, 0.4) is 0 Å². The first-order chi connectivity index (χ1) is 11.0. The van der Waals surface area contributed by atoms with Gasteiger partial charge in [0.25, 0.3) is 0 Å². The predicted molar refractivity (Wildman–Crippen MR) is 87.9 cm³/mol. The number of rotatable bonds is 6. The molecule has 0 aliphatic carbocycles. The van der Waals surface area contributed by atoms with E-state index in [2.05, 4.69) is 26.1 Å². The van der Waals surface area contributed by atoms with Crippen molar-refractivity contribution in [1.29, 1.82) is 0 Å². The highest BCUT2D eigenvalue weighted by atomic mass is 19.1. The minimum absolute atomic E-state index is 0.0513. The van der Waals surface area contributed by atoms with Crippen molar-refractivity contribution < 1.29 is 9.18 Å². The highest BCUT2D eigenvalue weighted by molar-refractivity contribution is 5.88. The van der Waals surface area contributed by atoms with Crippen LogP contribution in [-0.4, -0.2) is 28.8 Å². The zero-order chi connectivity index (χ0) is 16.7. The molecule has 0 fully saturated rings. The van der Waals surface area contributed by atoms with Crippen molar-refractivity contribution in [3.05, 3.63) is 47.8 Å². The van der Waals surface area contributed by atoms with Crippen LogP contribution in [0.15, 0.2) is 36.4 Å². The molecule has 0 aliphatic heterocycles. The van der Waals surface area contributed by atoms with Crippen LogP contribution in [0.2, 0.25) is 0 Å². The van der Waals surface area contributed by atoms with E-state index in [1.54, 1.807) is 24.3 Å². The summed E-state index contributed by atoms with van der Waals surface area (Å²) >= 11 is 0. The normalized spacial score (nSPS) is 10.4. The lowest BCUT2D eigenvalue weighted by Crippen LogP contribution is -2.34. The molecule has 0 unspecified atom stereocenters. The Labute approximate surface area is 134 Å². The number of anilines is 2. The van der Waals surface area contributed by atoms with Crippen LogP contribution in [0.5, 0.6) is 0 Å². The van der Waals surface area contributed by atoms with Crippen molar-refractivity contribution in [2.75, 3.05) is 17.2 Å². The fourth-order valence-corrected chi connectivity index (χ4v) is 1.89. The zero-order valence-electron chi connectivity index (χ0n) is 13.1. The SMILES string of the molecule is CC(C)NC(=O)Nc1ccc(NCCc2ccc(F)cc2)nn1. The standard InChI is InChI=1S/C16H20FN5O/c1-11(2)19-16(23)20-15-8-7-14(21-22-15)18-10-9-12-3-5-13(17)6-4-12/h3-8,11H,9-10H2,1-2H3,(H,18,21)(H2,19,20,22,23). The summed E-state index contributed by atoms with van der Waals surface area (Å²) in [4.78, 5) is 11.5. The lowest BCUT2D eigenvalue weighted by Gasteiger charge is -2.09. The van der Waals surface area contributed by atoms with Crippen LogP contribution < -0.4 is 16.0 Å². The third-order valence-electron chi connectivity index (χ3n) is 2.96. The van der Waals surface area contributed by atoms with Gasteiger partial charge < -0.3 is 10.6 Å². The van der Waals surface area contributed by atoms with Gasteiger partial charge in [-0.15, -0.1) is 10.2 Å². The summed E-state index contributed by atoms with van der Waals surface area (Å²) in [7, 11) is 0. The number of benzene rings is 1. The third kappa shape index (κ3) is 5.90. The lowest BCUT2D eigenvalue weighted by molar-refractivity contribution is 0.250. The van der Waals surface area contributed by atoms with E-state index >= 15 is 0 Å². The number of carbonyl (C=O) groups is 1. The van der Waals surface area contributed by atoms with E-state index in [1.165, 1.54) is 12.1 Å². The summed E-state index contributed by atoms with van der Waals surface area (Å²) < 4.78 is 12.8. The average molecular weight is 317 g/mol. The number of hydrogen-bond acceptors (Lipinski definition) is 4. The molecule has 7 heteroatoms. The molecule has 0 saturated heterocycles. The predicted octanol–water partition coefficient (Wildman–Crippen LogP) is 2.80. The number of nitrogens with zero attached hydrogens (tertiary/aromatic N) is 2. The van der Waals surface area contributed by atoms with Gasteiger partial charge in [0.1, 0.15) is 11.6 Å². The Morgan fingerprint density at radius 1 is 1.09 bits per heavy atom. The Kier molecular flexibility index (Phi) is 5.85. The number of amides is 2. The van der Waals surface area contributed by atoms with Gasteiger partial charge >= 0.3 is 6.03 Å². The van der Waals surface area contributed by atoms with Crippen molar-refractivity contribution in [2.45, 2.75) is 26.3 Å². The van der Waals surface area contributed by atoms with E-state index in [1.807, 2.05) is 13.8 Å². The molecule has 0 spiro atoms. The van der Waals surface area contributed by atoms with Crippen LogP contribution in [0.4, 0.5) is 20.8 Å². The van der Waals surface area contributed by atoms with E-state index in [0.29, 0.717) is 18.2 Å². The van der Waals surface area contributed by atoms with Gasteiger partial charge in [0, 0.05) is 12.6 Å². The molecule has 1 aromatic carbocycles. The van der Waals surface area contributed by atoms with Gasteiger partial charge in [-0.1, -0.05) is 12.1 Å². The minimum Gasteiger partial charge on any atom is -0.368 e. The summed E-state index contributed by atoms with van der Waals surface area (Å²) in [5.74, 6) is 0.756. The molecule has 0 aliphatic rings. The quantitative estimate of drug-likeness (QED) is 0.765. The molecule has 0 radical (unpaired) electrons. The maximum absolute atomic E-state index is 12.8. The highest BCUT2D eigenvalue weighted by Gasteiger charge is 2.04. The summed E-state index contributed by atoms with van der Waals surface area (Å²) in [6, 6.07) is 9.54. The topological polar surface area (TPSA) is 78.9 Å². The molecule has 0 saturated carbocycles. The van der Waals surface area contributed by atoms with Gasteiger partial charge in [-0.25, -0.2) is 9.18 Å². The average Bonchev–Trinajstić information content (AvgIpc) is 2.50. The molecule has 2 aromatic rings. The summed E-state index contributed by atoms with van der Waals surface area (Å²) in [6.45, 7) is 4.40. The van der Waals surface area contributed by atoms with Crippen LogP contribution in [0.25, 0.3) is 0 Å². The Morgan fingerprint density at radius 2 is 1.74 bits per heavy atom. The smallest absolute Gasteiger partial charge is 0.320 e. The molecule has 0 bridgehead atoms. The lowest BCUT2D eigenvalue weighted by atomic mass is 10.1. The number of nitrogens with one attached hydrogen (secondary N) is 3. The molecule has 2 amide bonds. The van der Waals surface area contributed by atoms with Crippen molar-refractivity contribution in [1.82, 2.24) is 15.5 Å². The van der Waals surface area contributed by atoms with E-state index in [0.717, 1.165) is 12.0 Å². The molecule has 0 atom stereocenters. The van der Waals surface area contributed by atoms with Crippen LogP contribution in [0, 0.1) is 5.82 Å². The number of carbonyl (C=O) groups excluding carboxylic acids is 1. The van der Waals surface area contributed by atoms with E-state index in [-0.39, 0.29) is 17.9 Å². The molecule has 2 rings (SSSR count).